The molecule has 0 saturated carbocycles. The summed E-state index contributed by atoms with van der Waals surface area (Å²) in [6, 6.07) is 8.08. The predicted octanol–water partition coefficient (Wildman–Crippen LogP) is 0.605. The highest BCUT2D eigenvalue weighted by molar-refractivity contribution is 7.17. The summed E-state index contributed by atoms with van der Waals surface area (Å²) < 4.78 is 1.59. The number of rotatable bonds is 5. The molecule has 0 bridgehead atoms. The van der Waals surface area contributed by atoms with Gasteiger partial charge < -0.3 is 14.9 Å². The van der Waals surface area contributed by atoms with Crippen molar-refractivity contribution in [1.29, 1.82) is 0 Å². The highest BCUT2D eigenvalue weighted by atomic mass is 35.5. The first-order valence-corrected chi connectivity index (χ1v) is 10.8. The summed E-state index contributed by atoms with van der Waals surface area (Å²) in [4.78, 5) is 9.37. The van der Waals surface area contributed by atoms with Crippen LogP contribution in [0.4, 0.5) is 0 Å². The van der Waals surface area contributed by atoms with E-state index in [-0.39, 0.29) is 11.9 Å². The first-order chi connectivity index (χ1) is 13.1. The largest absolute Gasteiger partial charge is 0.492 e. The Hall–Kier alpha value is -1.67. The average Bonchev–Trinajstić information content (AvgIpc) is 3.23. The van der Waals surface area contributed by atoms with Crippen LogP contribution in [0.2, 0.25) is 5.02 Å². The summed E-state index contributed by atoms with van der Waals surface area (Å²) in [5.74, 6) is 0.985. The van der Waals surface area contributed by atoms with Crippen LogP contribution in [0.1, 0.15) is 36.2 Å². The van der Waals surface area contributed by atoms with Crippen LogP contribution in [0, 0.1) is 0 Å². The van der Waals surface area contributed by atoms with E-state index in [0.29, 0.717) is 0 Å². The molecule has 0 unspecified atom stereocenters. The summed E-state index contributed by atoms with van der Waals surface area (Å²) in [5, 5.41) is 16.1. The van der Waals surface area contributed by atoms with Crippen LogP contribution in [-0.2, 0) is 6.42 Å². The molecule has 1 atom stereocenters. The van der Waals surface area contributed by atoms with Crippen molar-refractivity contribution in [2.24, 2.45) is 0 Å². The van der Waals surface area contributed by atoms with Crippen molar-refractivity contribution in [2.45, 2.75) is 26.3 Å². The van der Waals surface area contributed by atoms with Gasteiger partial charge in [0.2, 0.25) is 10.8 Å². The summed E-state index contributed by atoms with van der Waals surface area (Å²) >= 11 is 7.66. The minimum absolute atomic E-state index is 0.0687. The number of nitrogens with zero attached hydrogens (tertiary/aromatic N) is 3. The van der Waals surface area contributed by atoms with Crippen molar-refractivity contribution in [3.05, 3.63) is 45.6 Å². The molecular weight excluding hydrogens is 382 g/mol. The number of aromatic hydroxyl groups is 1. The lowest BCUT2D eigenvalue weighted by atomic mass is 10.0. The van der Waals surface area contributed by atoms with Crippen LogP contribution in [0.3, 0.4) is 0 Å². The lowest BCUT2D eigenvalue weighted by molar-refractivity contribution is -1.02. The smallest absolute Gasteiger partial charge is 0.235 e. The third kappa shape index (κ3) is 3.57. The van der Waals surface area contributed by atoms with E-state index in [1.54, 1.807) is 20.8 Å². The number of aryl methyl sites for hydroxylation is 1. The lowest BCUT2D eigenvalue weighted by Crippen LogP contribution is -3.28. The summed E-state index contributed by atoms with van der Waals surface area (Å²) in [5.41, 5.74) is 1.17. The normalized spacial score (nSPS) is 21.6. The van der Waals surface area contributed by atoms with E-state index >= 15 is 0 Å². The number of aromatic nitrogens is 3. The molecule has 0 amide bonds. The van der Waals surface area contributed by atoms with Gasteiger partial charge in [0.1, 0.15) is 31.1 Å². The zero-order chi connectivity index (χ0) is 19.0. The van der Waals surface area contributed by atoms with E-state index in [0.717, 1.165) is 53.3 Å². The Morgan fingerprint density at radius 1 is 1.19 bits per heavy atom. The molecule has 1 saturated heterocycles. The van der Waals surface area contributed by atoms with Crippen molar-refractivity contribution in [1.82, 2.24) is 14.6 Å². The average molecular weight is 408 g/mol. The number of nitrogens with one attached hydrogen (secondary N) is 2. The maximum Gasteiger partial charge on any atom is 0.235 e. The molecule has 3 aromatic rings. The molecule has 0 radical (unpaired) electrons. The number of piperazine rings is 1. The first-order valence-electron chi connectivity index (χ1n) is 9.61. The van der Waals surface area contributed by atoms with Gasteiger partial charge in [-0.25, -0.2) is 4.98 Å². The molecule has 0 aliphatic carbocycles. The van der Waals surface area contributed by atoms with Gasteiger partial charge in [0.05, 0.1) is 6.54 Å². The summed E-state index contributed by atoms with van der Waals surface area (Å²) in [6.45, 7) is 9.88. The van der Waals surface area contributed by atoms with Gasteiger partial charge in [-0.1, -0.05) is 42.0 Å². The van der Waals surface area contributed by atoms with Crippen molar-refractivity contribution >= 4 is 27.9 Å². The summed E-state index contributed by atoms with van der Waals surface area (Å²) in [7, 11) is 0. The monoisotopic (exact) mass is 407 g/mol. The molecule has 1 fully saturated rings. The van der Waals surface area contributed by atoms with Gasteiger partial charge in [0, 0.05) is 17.0 Å². The first kappa shape index (κ1) is 18.7. The molecule has 2 aromatic heterocycles. The summed E-state index contributed by atoms with van der Waals surface area (Å²) in [6.07, 6.45) is 0.761. The molecule has 3 heterocycles. The Balaban J connectivity index is 1.74. The topological polar surface area (TPSA) is 59.3 Å². The molecule has 27 heavy (non-hydrogen) atoms. The Kier molecular flexibility index (Phi) is 5.36. The number of likely N-dealkylation sites (N-methyl/N-ethyl adjacent to an activating group) is 1. The Labute approximate surface area is 168 Å². The van der Waals surface area contributed by atoms with Crippen LogP contribution in [-0.4, -0.2) is 52.4 Å². The molecule has 1 aliphatic rings. The van der Waals surface area contributed by atoms with Gasteiger partial charge >= 0.3 is 0 Å². The quantitative estimate of drug-likeness (QED) is 0.580. The maximum absolute atomic E-state index is 10.9. The lowest BCUT2D eigenvalue weighted by Gasteiger charge is -2.34. The molecule has 6 nitrogen and oxygen atoms in total. The number of halogens is 1. The second-order valence-corrected chi connectivity index (χ2v) is 8.56. The van der Waals surface area contributed by atoms with E-state index in [4.69, 9.17) is 11.6 Å². The van der Waals surface area contributed by atoms with Crippen LogP contribution in [0.5, 0.6) is 5.88 Å². The van der Waals surface area contributed by atoms with Crippen molar-refractivity contribution in [3.8, 4) is 5.88 Å². The van der Waals surface area contributed by atoms with Crippen LogP contribution in [0.15, 0.2) is 24.3 Å². The zero-order valence-corrected chi connectivity index (χ0v) is 17.3. The van der Waals surface area contributed by atoms with Crippen molar-refractivity contribution < 1.29 is 14.9 Å². The molecule has 144 valence electrons. The fourth-order valence-corrected chi connectivity index (χ4v) is 5.21. The Morgan fingerprint density at radius 2 is 1.89 bits per heavy atom. The van der Waals surface area contributed by atoms with Gasteiger partial charge in [0.15, 0.2) is 11.9 Å². The number of thiazole rings is 1. The van der Waals surface area contributed by atoms with Crippen LogP contribution < -0.4 is 9.80 Å². The highest BCUT2D eigenvalue weighted by Gasteiger charge is 2.35. The van der Waals surface area contributed by atoms with Gasteiger partial charge in [-0.15, -0.1) is 5.10 Å². The number of quaternary nitrogens is 2. The molecular formula is C19H26ClN5OS+2. The number of fused-ring (bicyclic) bond motifs is 1. The molecule has 4 rings (SSSR count). The van der Waals surface area contributed by atoms with E-state index in [1.807, 2.05) is 19.1 Å². The third-order valence-corrected chi connectivity index (χ3v) is 6.87. The van der Waals surface area contributed by atoms with Crippen molar-refractivity contribution in [3.63, 3.8) is 0 Å². The van der Waals surface area contributed by atoms with Gasteiger partial charge in [-0.2, -0.15) is 4.52 Å². The molecule has 8 heteroatoms. The number of benzene rings is 1. The zero-order valence-electron chi connectivity index (χ0n) is 15.7. The number of hydrogen-bond donors (Lipinski definition) is 3. The van der Waals surface area contributed by atoms with Gasteiger partial charge in [0.25, 0.3) is 0 Å². The standard InChI is InChI=1S/C19H24ClN5OS/c1-3-15-21-19-25(22-15)18(26)17(27-19)16(13-5-7-14(20)8-6-13)24-11-9-23(4-2)10-12-24/h5-8,16,26H,3-4,9-12H2,1-2H3/p+2/t16-/m1/s1. The number of hydrogen-bond acceptors (Lipinski definition) is 4. The van der Waals surface area contributed by atoms with E-state index in [2.05, 4.69) is 29.1 Å². The van der Waals surface area contributed by atoms with Crippen LogP contribution >= 0.6 is 22.9 Å². The fraction of sp³-hybridized carbons (Fsp3) is 0.474. The van der Waals surface area contributed by atoms with E-state index in [9.17, 15) is 5.11 Å². The minimum Gasteiger partial charge on any atom is -0.492 e. The highest BCUT2D eigenvalue weighted by Crippen LogP contribution is 2.35. The van der Waals surface area contributed by atoms with Gasteiger partial charge in [-0.05, 0) is 19.1 Å². The Bertz CT molecular complexity index is 914. The van der Waals surface area contributed by atoms with Gasteiger partial charge in [-0.3, -0.25) is 0 Å². The SMILES string of the molecule is CCc1nc2sc([C@@H](c3ccc(Cl)cc3)[NH+]3CC[NH+](CC)CC3)c(O)n2n1. The third-order valence-electron chi connectivity index (χ3n) is 5.53. The van der Waals surface area contributed by atoms with Crippen LogP contribution in [0.25, 0.3) is 4.96 Å². The molecule has 1 aromatic carbocycles. The maximum atomic E-state index is 10.9. The predicted molar refractivity (Wildman–Crippen MR) is 107 cm³/mol. The van der Waals surface area contributed by atoms with Crippen molar-refractivity contribution in [2.75, 3.05) is 32.7 Å². The fourth-order valence-electron chi connectivity index (χ4n) is 3.92. The second-order valence-electron chi connectivity index (χ2n) is 7.11. The Morgan fingerprint density at radius 3 is 2.48 bits per heavy atom. The minimum atomic E-state index is 0.0687. The van der Waals surface area contributed by atoms with E-state index in [1.165, 1.54) is 17.0 Å². The molecule has 3 N–H and O–H groups in total. The van der Waals surface area contributed by atoms with E-state index < -0.39 is 0 Å². The molecule has 1 aliphatic heterocycles. The second kappa shape index (κ2) is 7.75. The molecule has 0 spiro atoms.